The number of carbonyl (C=O) groups excluding carboxylic acids is 1. The van der Waals surface area contributed by atoms with Crippen LogP contribution in [0, 0.1) is 12.8 Å². The fourth-order valence-electron chi connectivity index (χ4n) is 5.76. The third kappa shape index (κ3) is 3.99. The Morgan fingerprint density at radius 3 is 2.88 bits per heavy atom. The van der Waals surface area contributed by atoms with Crippen LogP contribution < -0.4 is 26.4 Å². The molecule has 9 nitrogen and oxygen atoms in total. The Kier molecular flexibility index (Phi) is 5.49. The number of piperidine rings is 1. The summed E-state index contributed by atoms with van der Waals surface area (Å²) < 4.78 is 0. The number of hydrogen-bond acceptors (Lipinski definition) is 8. The predicted octanol–water partition coefficient (Wildman–Crippen LogP) is 0.274. The van der Waals surface area contributed by atoms with Crippen LogP contribution in [0.3, 0.4) is 0 Å². The zero-order chi connectivity index (χ0) is 22.4. The molecule has 174 valence electrons. The van der Waals surface area contributed by atoms with Gasteiger partial charge in [-0.05, 0) is 36.6 Å². The van der Waals surface area contributed by atoms with Gasteiger partial charge in [-0.25, -0.2) is 10.4 Å². The van der Waals surface area contributed by atoms with E-state index in [-0.39, 0.29) is 11.9 Å². The lowest BCUT2D eigenvalue weighted by atomic mass is 9.81. The van der Waals surface area contributed by atoms with Gasteiger partial charge < -0.3 is 15.5 Å². The van der Waals surface area contributed by atoms with Crippen molar-refractivity contribution >= 4 is 11.7 Å². The van der Waals surface area contributed by atoms with Crippen LogP contribution in [-0.2, 0) is 4.79 Å². The van der Waals surface area contributed by atoms with Crippen LogP contribution in [0.2, 0.25) is 0 Å². The molecule has 4 unspecified atom stereocenters. The molecule has 0 aromatic carbocycles. The van der Waals surface area contributed by atoms with E-state index in [0.717, 1.165) is 50.7 Å². The van der Waals surface area contributed by atoms with Gasteiger partial charge in [0.05, 0.1) is 18.3 Å². The monoisotopic (exact) mass is 448 g/mol. The van der Waals surface area contributed by atoms with Gasteiger partial charge in [-0.2, -0.15) is 0 Å². The van der Waals surface area contributed by atoms with Gasteiger partial charge in [0.15, 0.2) is 0 Å². The molecule has 9 heteroatoms. The summed E-state index contributed by atoms with van der Waals surface area (Å²) >= 11 is 0. The van der Waals surface area contributed by atoms with Gasteiger partial charge in [-0.15, -0.1) is 0 Å². The Morgan fingerprint density at radius 2 is 2.06 bits per heavy atom. The lowest BCUT2D eigenvalue weighted by Crippen LogP contribution is -2.64. The topological polar surface area (TPSA) is 97.4 Å². The summed E-state index contributed by atoms with van der Waals surface area (Å²) in [5.41, 5.74) is 10.6. The van der Waals surface area contributed by atoms with E-state index in [9.17, 15) is 4.79 Å². The Bertz CT molecular complexity index is 1010. The van der Waals surface area contributed by atoms with E-state index >= 15 is 0 Å². The molecule has 1 amide bonds. The number of piperazine rings is 1. The van der Waals surface area contributed by atoms with E-state index in [1.807, 2.05) is 18.5 Å². The molecule has 4 N–H and O–H groups in total. The largest absolute Gasteiger partial charge is 0.354 e. The zero-order valence-electron chi connectivity index (χ0n) is 19.0. The van der Waals surface area contributed by atoms with Crippen molar-refractivity contribution in [3.8, 4) is 0 Å². The minimum atomic E-state index is 0.136. The first-order valence-corrected chi connectivity index (χ1v) is 12.0. The summed E-state index contributed by atoms with van der Waals surface area (Å²) in [6.07, 6.45) is 4.83. The first-order chi connectivity index (χ1) is 16.2. The Balaban J connectivity index is 1.16. The highest BCUT2D eigenvalue weighted by Gasteiger charge is 2.42. The van der Waals surface area contributed by atoms with Crippen LogP contribution >= 0.6 is 0 Å². The van der Waals surface area contributed by atoms with Crippen molar-refractivity contribution in [1.29, 1.82) is 0 Å². The lowest BCUT2D eigenvalue weighted by Gasteiger charge is -2.47. The molecule has 2 aromatic rings. The highest BCUT2D eigenvalue weighted by molar-refractivity contribution is 5.78. The minimum absolute atomic E-state index is 0.136. The van der Waals surface area contributed by atoms with Gasteiger partial charge >= 0.3 is 0 Å². The van der Waals surface area contributed by atoms with Gasteiger partial charge in [0, 0.05) is 69.2 Å². The maximum Gasteiger partial charge on any atom is 0.234 e. The summed E-state index contributed by atoms with van der Waals surface area (Å²) in [6.45, 7) is 7.12. The average molecular weight is 449 g/mol. The molecule has 0 aliphatic carbocycles. The molecule has 0 spiro atoms. The number of nitrogens with one attached hydrogen (secondary N) is 4. The number of nitrogens with zero attached hydrogens (tertiary/aromatic N) is 4. The molecule has 4 aliphatic heterocycles. The summed E-state index contributed by atoms with van der Waals surface area (Å²) in [5, 5.41) is 6.59. The van der Waals surface area contributed by atoms with E-state index in [4.69, 9.17) is 4.98 Å². The molecule has 2 aromatic heterocycles. The van der Waals surface area contributed by atoms with Crippen molar-refractivity contribution < 1.29 is 4.79 Å². The fourth-order valence-corrected chi connectivity index (χ4v) is 5.76. The normalized spacial score (nSPS) is 30.6. The Morgan fingerprint density at radius 1 is 1.15 bits per heavy atom. The van der Waals surface area contributed by atoms with E-state index in [1.165, 1.54) is 11.1 Å². The fraction of sp³-hybridized carbons (Fsp3) is 0.542. The van der Waals surface area contributed by atoms with Gasteiger partial charge in [0.1, 0.15) is 5.82 Å². The van der Waals surface area contributed by atoms with Gasteiger partial charge in [0.2, 0.25) is 5.91 Å². The van der Waals surface area contributed by atoms with Gasteiger partial charge in [-0.3, -0.25) is 20.1 Å². The van der Waals surface area contributed by atoms with E-state index < -0.39 is 0 Å². The molecule has 4 fully saturated rings. The summed E-state index contributed by atoms with van der Waals surface area (Å²) in [6, 6.07) is 9.85. The van der Waals surface area contributed by atoms with Crippen molar-refractivity contribution in [3.05, 3.63) is 53.5 Å². The predicted molar refractivity (Wildman–Crippen MR) is 125 cm³/mol. The van der Waals surface area contributed by atoms with Crippen molar-refractivity contribution in [2.24, 2.45) is 5.92 Å². The van der Waals surface area contributed by atoms with Crippen LogP contribution in [0.4, 0.5) is 5.82 Å². The second-order valence-corrected chi connectivity index (χ2v) is 9.78. The standard InChI is InChI=1S/C24H32N8O/c1-15-4-5-19(28-24(15)32-12-17(13-32)31-8-7-26-22(33)14-31)23-18-9-20(16-3-2-6-25-10-16)27-11-21(18)29-30-23/h2-6,10,17-18,20-21,23,27,29-30H,7-9,11-14H2,1H3,(H,26,33). The minimum Gasteiger partial charge on any atom is -0.354 e. The maximum atomic E-state index is 11.7. The first kappa shape index (κ1) is 21.0. The first-order valence-electron chi connectivity index (χ1n) is 12.0. The molecule has 4 atom stereocenters. The molecule has 33 heavy (non-hydrogen) atoms. The number of fused-ring (bicyclic) bond motifs is 1. The second kappa shape index (κ2) is 8.64. The van der Waals surface area contributed by atoms with E-state index in [1.54, 1.807) is 0 Å². The van der Waals surface area contributed by atoms with Crippen molar-refractivity contribution in [2.45, 2.75) is 37.5 Å². The van der Waals surface area contributed by atoms with E-state index in [2.05, 4.69) is 61.4 Å². The SMILES string of the molecule is Cc1ccc(C2NNC3CNC(c4cccnc4)CC32)nc1N1CC(N2CCNC(=O)C2)C1. The number of rotatable bonds is 4. The molecule has 6 rings (SSSR count). The number of anilines is 1. The van der Waals surface area contributed by atoms with Gasteiger partial charge in [0.25, 0.3) is 0 Å². The number of amides is 1. The van der Waals surface area contributed by atoms with Crippen LogP contribution in [0.25, 0.3) is 0 Å². The zero-order valence-corrected chi connectivity index (χ0v) is 19.0. The molecule has 0 radical (unpaired) electrons. The molecule has 0 saturated carbocycles. The third-order valence-corrected chi connectivity index (χ3v) is 7.70. The second-order valence-electron chi connectivity index (χ2n) is 9.78. The molecule has 6 heterocycles. The Labute approximate surface area is 194 Å². The van der Waals surface area contributed by atoms with Crippen LogP contribution in [-0.4, -0.2) is 72.1 Å². The van der Waals surface area contributed by atoms with Crippen LogP contribution in [0.1, 0.15) is 35.3 Å². The number of aryl methyl sites for hydroxylation is 1. The summed E-state index contributed by atoms with van der Waals surface area (Å²) in [4.78, 5) is 25.9. The third-order valence-electron chi connectivity index (χ3n) is 7.70. The molecule has 4 aliphatic rings. The summed E-state index contributed by atoms with van der Waals surface area (Å²) in [5.74, 6) is 1.67. The maximum absolute atomic E-state index is 11.7. The van der Waals surface area contributed by atoms with Crippen LogP contribution in [0.5, 0.6) is 0 Å². The average Bonchev–Trinajstić information content (AvgIpc) is 3.23. The quantitative estimate of drug-likeness (QED) is 0.530. The number of carbonyl (C=O) groups is 1. The lowest BCUT2D eigenvalue weighted by molar-refractivity contribution is -0.125. The Hall–Kier alpha value is -2.59. The van der Waals surface area contributed by atoms with Crippen LogP contribution in [0.15, 0.2) is 36.7 Å². The molecule has 4 saturated heterocycles. The summed E-state index contributed by atoms with van der Waals surface area (Å²) in [7, 11) is 0. The number of pyridine rings is 2. The van der Waals surface area contributed by atoms with Crippen molar-refractivity contribution in [2.75, 3.05) is 44.2 Å². The number of hydrazine groups is 1. The number of hydrogen-bond donors (Lipinski definition) is 4. The van der Waals surface area contributed by atoms with Gasteiger partial charge in [-0.1, -0.05) is 12.1 Å². The molecular weight excluding hydrogens is 416 g/mol. The highest BCUT2D eigenvalue weighted by Crippen LogP contribution is 2.38. The highest BCUT2D eigenvalue weighted by atomic mass is 16.2. The molecule has 0 bridgehead atoms. The van der Waals surface area contributed by atoms with E-state index in [0.29, 0.717) is 30.6 Å². The smallest absolute Gasteiger partial charge is 0.234 e. The number of aromatic nitrogens is 2. The van der Waals surface area contributed by atoms with Crippen molar-refractivity contribution in [1.82, 2.24) is 36.4 Å². The van der Waals surface area contributed by atoms with Crippen molar-refractivity contribution in [3.63, 3.8) is 0 Å². The molecular formula is C24H32N8O.